The van der Waals surface area contributed by atoms with Crippen LogP contribution in [0.1, 0.15) is 68.8 Å². The summed E-state index contributed by atoms with van der Waals surface area (Å²) in [6.45, 7) is 0. The Morgan fingerprint density at radius 2 is 1.70 bits per heavy atom. The van der Waals surface area contributed by atoms with Gasteiger partial charge in [0, 0.05) is 11.2 Å². The zero-order valence-corrected chi connectivity index (χ0v) is 15.3. The molecular weight excluding hydrogens is 403 g/mol. The molecule has 1 aromatic rings. The molecule has 0 N–H and O–H groups in total. The second-order valence-corrected chi connectivity index (χ2v) is 8.55. The fourth-order valence-electron chi connectivity index (χ4n) is 3.26. The van der Waals surface area contributed by atoms with E-state index in [0.29, 0.717) is 11.1 Å². The highest BCUT2D eigenvalue weighted by Gasteiger charge is 2.24. The molecule has 0 amide bonds. The Hall–Kier alpha value is 0.450. The summed E-state index contributed by atoms with van der Waals surface area (Å²) in [4.78, 5) is 9.34. The van der Waals surface area contributed by atoms with Crippen LogP contribution in [0.2, 0.25) is 5.15 Å². The van der Waals surface area contributed by atoms with Crippen molar-refractivity contribution in [1.82, 2.24) is 9.97 Å². The maximum Gasteiger partial charge on any atom is 0.146 e. The molecular formula is C15H20ClIN2S. The zero-order valence-electron chi connectivity index (χ0n) is 11.6. The van der Waals surface area contributed by atoms with Gasteiger partial charge in [-0.1, -0.05) is 37.3 Å². The molecule has 0 radical (unpaired) electrons. The molecule has 1 aromatic heterocycles. The normalized spacial score (nSPS) is 20.9. The monoisotopic (exact) mass is 422 g/mol. The first kappa shape index (κ1) is 15.3. The van der Waals surface area contributed by atoms with Crippen molar-refractivity contribution in [2.75, 3.05) is 0 Å². The Morgan fingerprint density at radius 3 is 2.40 bits per heavy atom. The van der Waals surface area contributed by atoms with E-state index in [1.165, 1.54) is 57.1 Å². The summed E-state index contributed by atoms with van der Waals surface area (Å²) in [5.74, 6) is 2.47. The van der Waals surface area contributed by atoms with Crippen LogP contribution in [0, 0.1) is 3.57 Å². The third-order valence-corrected chi connectivity index (χ3v) is 7.40. The average molecular weight is 423 g/mol. The van der Waals surface area contributed by atoms with Crippen molar-refractivity contribution < 1.29 is 0 Å². The molecule has 5 heteroatoms. The predicted octanol–water partition coefficient (Wildman–Crippen LogP) is 5.57. The Morgan fingerprint density at radius 1 is 1.05 bits per heavy atom. The summed E-state index contributed by atoms with van der Waals surface area (Å²) in [6.07, 6.45) is 10.7. The van der Waals surface area contributed by atoms with Gasteiger partial charge in [0.2, 0.25) is 0 Å². The largest absolute Gasteiger partial charge is 0.236 e. The van der Waals surface area contributed by atoms with E-state index in [4.69, 9.17) is 16.6 Å². The number of thioether (sulfide) groups is 1. The Kier molecular flexibility index (Phi) is 5.48. The molecule has 20 heavy (non-hydrogen) atoms. The highest BCUT2D eigenvalue weighted by atomic mass is 127. The summed E-state index contributed by atoms with van der Waals surface area (Å²) in [6, 6.07) is 0. The molecule has 2 saturated carbocycles. The second kappa shape index (κ2) is 7.14. The van der Waals surface area contributed by atoms with E-state index in [9.17, 15) is 0 Å². The highest BCUT2D eigenvalue weighted by Crippen LogP contribution is 2.37. The topological polar surface area (TPSA) is 25.8 Å². The third kappa shape index (κ3) is 3.61. The summed E-state index contributed by atoms with van der Waals surface area (Å²) in [5.41, 5.74) is 1.21. The number of nitrogens with zero attached hydrogens (tertiary/aromatic N) is 2. The van der Waals surface area contributed by atoms with E-state index in [0.717, 1.165) is 20.4 Å². The number of rotatable bonds is 4. The van der Waals surface area contributed by atoms with E-state index in [-0.39, 0.29) is 0 Å². The molecule has 0 atom stereocenters. The minimum absolute atomic E-state index is 0.609. The van der Waals surface area contributed by atoms with Crippen LogP contribution in [-0.2, 0) is 5.75 Å². The molecule has 0 aliphatic heterocycles. The second-order valence-electron chi connectivity index (χ2n) is 5.83. The molecule has 1 heterocycles. The molecule has 0 aromatic carbocycles. The van der Waals surface area contributed by atoms with E-state index in [1.54, 1.807) is 0 Å². The Balaban J connectivity index is 1.73. The summed E-state index contributed by atoms with van der Waals surface area (Å²) in [7, 11) is 0. The van der Waals surface area contributed by atoms with Crippen LogP contribution < -0.4 is 0 Å². The lowest BCUT2D eigenvalue weighted by molar-refractivity contribution is 0.682. The summed E-state index contributed by atoms with van der Waals surface area (Å²) >= 11 is 10.7. The number of aromatic nitrogens is 2. The van der Waals surface area contributed by atoms with Crippen molar-refractivity contribution in [3.05, 3.63) is 20.2 Å². The minimum atomic E-state index is 0.609. The molecule has 0 saturated heterocycles. The van der Waals surface area contributed by atoms with Gasteiger partial charge in [-0.2, -0.15) is 11.8 Å². The first-order valence-electron chi connectivity index (χ1n) is 7.57. The SMILES string of the molecule is Clc1nc(CSC2CCCC2)nc(C2CCCC2)c1I. The van der Waals surface area contributed by atoms with Gasteiger partial charge in [-0.15, -0.1) is 0 Å². The van der Waals surface area contributed by atoms with Gasteiger partial charge in [-0.05, 0) is 48.3 Å². The predicted molar refractivity (Wildman–Crippen MR) is 94.5 cm³/mol. The van der Waals surface area contributed by atoms with Crippen LogP contribution in [0.25, 0.3) is 0 Å². The van der Waals surface area contributed by atoms with Crippen LogP contribution in [0.3, 0.4) is 0 Å². The van der Waals surface area contributed by atoms with Gasteiger partial charge in [0.15, 0.2) is 0 Å². The molecule has 3 rings (SSSR count). The van der Waals surface area contributed by atoms with E-state index in [2.05, 4.69) is 27.6 Å². The van der Waals surface area contributed by atoms with Crippen molar-refractivity contribution in [3.63, 3.8) is 0 Å². The fourth-order valence-corrected chi connectivity index (χ4v) is 5.32. The van der Waals surface area contributed by atoms with Crippen molar-refractivity contribution in [1.29, 1.82) is 0 Å². The number of halogens is 2. The van der Waals surface area contributed by atoms with Crippen molar-refractivity contribution in [3.8, 4) is 0 Å². The van der Waals surface area contributed by atoms with Gasteiger partial charge < -0.3 is 0 Å². The Bertz CT molecular complexity index is 471. The van der Waals surface area contributed by atoms with Crippen LogP contribution in [0.4, 0.5) is 0 Å². The van der Waals surface area contributed by atoms with Crippen LogP contribution in [0.15, 0.2) is 0 Å². The molecule has 0 bridgehead atoms. The van der Waals surface area contributed by atoms with Gasteiger partial charge in [-0.3, -0.25) is 0 Å². The van der Waals surface area contributed by atoms with Crippen molar-refractivity contribution in [2.45, 2.75) is 68.3 Å². The van der Waals surface area contributed by atoms with E-state index < -0.39 is 0 Å². The molecule has 2 aliphatic carbocycles. The Labute approximate surface area is 144 Å². The quantitative estimate of drug-likeness (QED) is 0.469. The highest BCUT2D eigenvalue weighted by molar-refractivity contribution is 14.1. The smallest absolute Gasteiger partial charge is 0.146 e. The first-order valence-corrected chi connectivity index (χ1v) is 10.1. The number of hydrogen-bond acceptors (Lipinski definition) is 3. The van der Waals surface area contributed by atoms with Gasteiger partial charge >= 0.3 is 0 Å². The van der Waals surface area contributed by atoms with Gasteiger partial charge in [0.25, 0.3) is 0 Å². The fraction of sp³-hybridized carbons (Fsp3) is 0.733. The van der Waals surface area contributed by atoms with Crippen molar-refractivity contribution >= 4 is 46.0 Å². The molecule has 2 aliphatic rings. The first-order chi connectivity index (χ1) is 9.74. The maximum absolute atomic E-state index is 6.32. The lowest BCUT2D eigenvalue weighted by atomic mass is 10.0. The van der Waals surface area contributed by atoms with Gasteiger partial charge in [0.1, 0.15) is 11.0 Å². The van der Waals surface area contributed by atoms with Crippen LogP contribution in [0.5, 0.6) is 0 Å². The average Bonchev–Trinajstić information content (AvgIpc) is 3.12. The number of hydrogen-bond donors (Lipinski definition) is 0. The third-order valence-electron chi connectivity index (χ3n) is 4.37. The van der Waals surface area contributed by atoms with Crippen molar-refractivity contribution in [2.24, 2.45) is 0 Å². The molecule has 0 unspecified atom stereocenters. The zero-order chi connectivity index (χ0) is 13.9. The van der Waals surface area contributed by atoms with Crippen LogP contribution >= 0.6 is 46.0 Å². The minimum Gasteiger partial charge on any atom is -0.236 e. The standard InChI is InChI=1S/C15H20ClIN2S/c16-15-13(17)14(10-5-1-2-6-10)18-12(19-15)9-20-11-7-3-4-8-11/h10-11H,1-9H2. The molecule has 2 fully saturated rings. The van der Waals surface area contributed by atoms with Gasteiger partial charge in [0.05, 0.1) is 15.0 Å². The van der Waals surface area contributed by atoms with E-state index in [1.807, 2.05) is 11.8 Å². The molecule has 0 spiro atoms. The molecule has 110 valence electrons. The summed E-state index contributed by atoms with van der Waals surface area (Å²) in [5, 5.41) is 1.47. The van der Waals surface area contributed by atoms with Gasteiger partial charge in [-0.25, -0.2) is 9.97 Å². The molecule has 2 nitrogen and oxygen atoms in total. The summed E-state index contributed by atoms with van der Waals surface area (Å²) < 4.78 is 1.07. The lowest BCUT2D eigenvalue weighted by Crippen LogP contribution is -2.07. The van der Waals surface area contributed by atoms with E-state index >= 15 is 0 Å². The maximum atomic E-state index is 6.32. The van der Waals surface area contributed by atoms with Crippen LogP contribution in [-0.4, -0.2) is 15.2 Å². The lowest BCUT2D eigenvalue weighted by Gasteiger charge is -2.14.